The van der Waals surface area contributed by atoms with E-state index in [1.807, 2.05) is 0 Å². The lowest BCUT2D eigenvalue weighted by atomic mass is 10.2. The standard InChI is InChI=1S/C8H7N5/c1-2-5-3-13(10)8-6(5)7(9)11-4-12-8/h1,3-4H,10H2,(H2,9,11,12). The number of terminal acetylenes is 1. The Hall–Kier alpha value is -2.22. The molecule has 0 atom stereocenters. The third-order valence-electron chi connectivity index (χ3n) is 1.79. The number of nitrogens with two attached hydrogens (primary N) is 2. The first-order chi connectivity index (χ1) is 6.24. The zero-order chi connectivity index (χ0) is 9.42. The van der Waals surface area contributed by atoms with Gasteiger partial charge in [-0.05, 0) is 0 Å². The Labute approximate surface area is 74.4 Å². The molecule has 0 radical (unpaired) electrons. The molecule has 0 spiro atoms. The summed E-state index contributed by atoms with van der Waals surface area (Å²) in [5.74, 6) is 8.42. The van der Waals surface area contributed by atoms with E-state index in [1.54, 1.807) is 6.20 Å². The van der Waals surface area contributed by atoms with Crippen LogP contribution in [-0.4, -0.2) is 14.6 Å². The topological polar surface area (TPSA) is 82.8 Å². The first-order valence-corrected chi connectivity index (χ1v) is 3.57. The molecule has 0 fully saturated rings. The van der Waals surface area contributed by atoms with E-state index in [-0.39, 0.29) is 0 Å². The molecule has 0 aliphatic heterocycles. The Bertz CT molecular complexity index is 505. The largest absolute Gasteiger partial charge is 0.383 e. The molecule has 0 unspecified atom stereocenters. The molecule has 2 aromatic rings. The van der Waals surface area contributed by atoms with Gasteiger partial charge in [0, 0.05) is 6.20 Å². The first-order valence-electron chi connectivity index (χ1n) is 3.57. The average molecular weight is 173 g/mol. The Kier molecular flexibility index (Phi) is 1.36. The molecular weight excluding hydrogens is 166 g/mol. The van der Waals surface area contributed by atoms with E-state index >= 15 is 0 Å². The van der Waals surface area contributed by atoms with Crippen LogP contribution in [0.5, 0.6) is 0 Å². The highest BCUT2D eigenvalue weighted by Crippen LogP contribution is 2.20. The Morgan fingerprint density at radius 2 is 2.23 bits per heavy atom. The molecule has 0 aliphatic carbocycles. The zero-order valence-corrected chi connectivity index (χ0v) is 6.73. The van der Waals surface area contributed by atoms with Crippen LogP contribution in [0.3, 0.4) is 0 Å². The summed E-state index contributed by atoms with van der Waals surface area (Å²) in [4.78, 5) is 7.79. The number of aromatic nitrogens is 3. The Morgan fingerprint density at radius 3 is 2.92 bits per heavy atom. The number of hydrogen-bond donors (Lipinski definition) is 2. The Balaban J connectivity index is 2.99. The van der Waals surface area contributed by atoms with Crippen molar-refractivity contribution in [1.82, 2.24) is 14.6 Å². The highest BCUT2D eigenvalue weighted by Gasteiger charge is 2.09. The van der Waals surface area contributed by atoms with Crippen molar-refractivity contribution in [2.24, 2.45) is 0 Å². The van der Waals surface area contributed by atoms with Crippen LogP contribution in [0.1, 0.15) is 5.56 Å². The van der Waals surface area contributed by atoms with Crippen LogP contribution in [0.15, 0.2) is 12.5 Å². The molecule has 0 aromatic carbocycles. The van der Waals surface area contributed by atoms with E-state index in [0.717, 1.165) is 0 Å². The van der Waals surface area contributed by atoms with Gasteiger partial charge in [0.15, 0.2) is 5.65 Å². The zero-order valence-electron chi connectivity index (χ0n) is 6.73. The van der Waals surface area contributed by atoms with Crippen LogP contribution >= 0.6 is 0 Å². The highest BCUT2D eigenvalue weighted by atomic mass is 15.3. The first kappa shape index (κ1) is 7.43. The van der Waals surface area contributed by atoms with E-state index in [1.165, 1.54) is 11.0 Å². The van der Waals surface area contributed by atoms with Crippen molar-refractivity contribution in [2.45, 2.75) is 0 Å². The second-order valence-electron chi connectivity index (χ2n) is 2.55. The summed E-state index contributed by atoms with van der Waals surface area (Å²) in [7, 11) is 0. The molecule has 0 bridgehead atoms. The number of fused-ring (bicyclic) bond motifs is 1. The van der Waals surface area contributed by atoms with E-state index in [0.29, 0.717) is 22.4 Å². The fourth-order valence-corrected chi connectivity index (χ4v) is 1.22. The van der Waals surface area contributed by atoms with Gasteiger partial charge in [-0.25, -0.2) is 9.97 Å². The summed E-state index contributed by atoms with van der Waals surface area (Å²) in [6.45, 7) is 0. The van der Waals surface area contributed by atoms with Gasteiger partial charge in [0.05, 0.1) is 10.9 Å². The predicted molar refractivity (Wildman–Crippen MR) is 50.0 cm³/mol. The predicted octanol–water partition coefficient (Wildman–Crippen LogP) is -0.291. The van der Waals surface area contributed by atoms with Gasteiger partial charge >= 0.3 is 0 Å². The lowest BCUT2D eigenvalue weighted by molar-refractivity contribution is 1.03. The number of anilines is 1. The molecule has 0 saturated carbocycles. The van der Waals surface area contributed by atoms with Gasteiger partial charge < -0.3 is 11.6 Å². The molecular formula is C8H7N5. The van der Waals surface area contributed by atoms with Gasteiger partial charge in [-0.3, -0.25) is 4.68 Å². The van der Waals surface area contributed by atoms with Gasteiger partial charge in [-0.2, -0.15) is 0 Å². The van der Waals surface area contributed by atoms with Crippen LogP contribution in [0.2, 0.25) is 0 Å². The van der Waals surface area contributed by atoms with Crippen LogP contribution in [0.4, 0.5) is 5.82 Å². The average Bonchev–Trinajstić information content (AvgIpc) is 2.45. The van der Waals surface area contributed by atoms with Crippen LogP contribution in [0, 0.1) is 12.3 Å². The third-order valence-corrected chi connectivity index (χ3v) is 1.79. The highest BCUT2D eigenvalue weighted by molar-refractivity contribution is 5.92. The molecule has 13 heavy (non-hydrogen) atoms. The maximum Gasteiger partial charge on any atom is 0.164 e. The lowest BCUT2D eigenvalue weighted by Gasteiger charge is -1.95. The second kappa shape index (κ2) is 2.38. The molecule has 2 rings (SSSR count). The van der Waals surface area contributed by atoms with Crippen molar-refractivity contribution in [1.29, 1.82) is 0 Å². The molecule has 0 aliphatic rings. The van der Waals surface area contributed by atoms with Crippen LogP contribution < -0.4 is 11.6 Å². The van der Waals surface area contributed by atoms with E-state index < -0.39 is 0 Å². The number of hydrogen-bond acceptors (Lipinski definition) is 4. The number of nitrogens with zero attached hydrogens (tertiary/aromatic N) is 3. The van der Waals surface area contributed by atoms with Gasteiger partial charge in [0.2, 0.25) is 0 Å². The summed E-state index contributed by atoms with van der Waals surface area (Å²) in [5.41, 5.74) is 6.78. The molecule has 4 N–H and O–H groups in total. The molecule has 2 aromatic heterocycles. The van der Waals surface area contributed by atoms with Crippen molar-refractivity contribution in [3.63, 3.8) is 0 Å². The van der Waals surface area contributed by atoms with Crippen molar-refractivity contribution in [3.8, 4) is 12.3 Å². The molecule has 5 heteroatoms. The lowest BCUT2D eigenvalue weighted by Crippen LogP contribution is -2.06. The summed E-state index contributed by atoms with van der Waals surface area (Å²) >= 11 is 0. The van der Waals surface area contributed by atoms with Gasteiger partial charge in [-0.1, -0.05) is 5.92 Å². The van der Waals surface area contributed by atoms with Crippen LogP contribution in [0.25, 0.3) is 11.0 Å². The quantitative estimate of drug-likeness (QED) is 0.423. The number of rotatable bonds is 0. The summed E-state index contributed by atoms with van der Waals surface area (Å²) in [5, 5.41) is 0.632. The normalized spacial score (nSPS) is 10.1. The Morgan fingerprint density at radius 1 is 1.46 bits per heavy atom. The minimum atomic E-state index is 0.349. The number of nitrogen functional groups attached to an aromatic ring is 2. The van der Waals surface area contributed by atoms with Gasteiger partial charge in [0.1, 0.15) is 12.1 Å². The van der Waals surface area contributed by atoms with Gasteiger partial charge in [0.25, 0.3) is 0 Å². The smallest absolute Gasteiger partial charge is 0.164 e. The molecule has 64 valence electrons. The third kappa shape index (κ3) is 0.891. The minimum absolute atomic E-state index is 0.349. The van der Waals surface area contributed by atoms with Crippen molar-refractivity contribution in [2.75, 3.05) is 11.6 Å². The maximum absolute atomic E-state index is 5.63. The van der Waals surface area contributed by atoms with Crippen molar-refractivity contribution < 1.29 is 0 Å². The summed E-state index contributed by atoms with van der Waals surface area (Å²) in [6.07, 6.45) is 8.21. The molecule has 5 nitrogen and oxygen atoms in total. The van der Waals surface area contributed by atoms with E-state index in [9.17, 15) is 0 Å². The molecule has 0 saturated heterocycles. The monoisotopic (exact) mass is 173 g/mol. The SMILES string of the molecule is C#Cc1cn(N)c2ncnc(N)c12. The van der Waals surface area contributed by atoms with Crippen LogP contribution in [-0.2, 0) is 0 Å². The fourth-order valence-electron chi connectivity index (χ4n) is 1.22. The van der Waals surface area contributed by atoms with Gasteiger partial charge in [-0.15, -0.1) is 6.42 Å². The van der Waals surface area contributed by atoms with E-state index in [2.05, 4.69) is 15.9 Å². The van der Waals surface area contributed by atoms with Crippen molar-refractivity contribution in [3.05, 3.63) is 18.1 Å². The second-order valence-corrected chi connectivity index (χ2v) is 2.55. The van der Waals surface area contributed by atoms with E-state index in [4.69, 9.17) is 18.0 Å². The summed E-state index contributed by atoms with van der Waals surface area (Å²) in [6, 6.07) is 0. The van der Waals surface area contributed by atoms with Crippen molar-refractivity contribution >= 4 is 16.9 Å². The molecule has 2 heterocycles. The summed E-state index contributed by atoms with van der Waals surface area (Å²) < 4.78 is 1.34. The maximum atomic E-state index is 5.63. The fraction of sp³-hybridized carbons (Fsp3) is 0. The molecule has 0 amide bonds. The minimum Gasteiger partial charge on any atom is -0.383 e.